The van der Waals surface area contributed by atoms with Crippen molar-refractivity contribution in [2.75, 3.05) is 0 Å². The van der Waals surface area contributed by atoms with E-state index < -0.39 is 11.5 Å². The van der Waals surface area contributed by atoms with E-state index in [4.69, 9.17) is 5.73 Å². The predicted octanol–water partition coefficient (Wildman–Crippen LogP) is 1.30. The number of Topliss-reactive ketones (excluding diaryl/α,β-unsaturated/α-hetero) is 2. The van der Waals surface area contributed by atoms with Crippen molar-refractivity contribution in [3.05, 3.63) is 0 Å². The summed E-state index contributed by atoms with van der Waals surface area (Å²) in [5, 5.41) is 0. The van der Waals surface area contributed by atoms with Gasteiger partial charge in [0, 0.05) is 11.8 Å². The van der Waals surface area contributed by atoms with Crippen LogP contribution in [0.1, 0.15) is 40.5 Å². The second-order valence-corrected chi connectivity index (χ2v) is 4.46. The molecule has 2 N–H and O–H groups in total. The first-order valence-electron chi connectivity index (χ1n) is 4.54. The first kappa shape index (κ1) is 12.3. The van der Waals surface area contributed by atoms with Gasteiger partial charge in [0.2, 0.25) is 0 Å². The van der Waals surface area contributed by atoms with Gasteiger partial charge in [-0.2, -0.15) is 0 Å². The third-order valence-electron chi connectivity index (χ3n) is 1.88. The SMILES string of the molecule is CC(=O)CCC(N)C(=O)C(C)(C)C. The van der Waals surface area contributed by atoms with E-state index in [-0.39, 0.29) is 11.6 Å². The maximum absolute atomic E-state index is 11.5. The molecule has 3 heteroatoms. The summed E-state index contributed by atoms with van der Waals surface area (Å²) < 4.78 is 0. The van der Waals surface area contributed by atoms with Crippen molar-refractivity contribution in [1.29, 1.82) is 0 Å². The molecule has 0 saturated carbocycles. The molecular weight excluding hydrogens is 166 g/mol. The van der Waals surface area contributed by atoms with Gasteiger partial charge in [-0.3, -0.25) is 4.79 Å². The Balaban J connectivity index is 4.05. The van der Waals surface area contributed by atoms with Crippen LogP contribution in [0.4, 0.5) is 0 Å². The average molecular weight is 185 g/mol. The van der Waals surface area contributed by atoms with Gasteiger partial charge in [0.1, 0.15) is 5.78 Å². The van der Waals surface area contributed by atoms with Crippen LogP contribution in [0.25, 0.3) is 0 Å². The molecule has 13 heavy (non-hydrogen) atoms. The highest BCUT2D eigenvalue weighted by Gasteiger charge is 2.26. The Labute approximate surface area is 79.7 Å². The standard InChI is InChI=1S/C10H19NO2/c1-7(12)5-6-8(11)9(13)10(2,3)4/h8H,5-6,11H2,1-4H3. The van der Waals surface area contributed by atoms with Crippen molar-refractivity contribution in [2.45, 2.75) is 46.6 Å². The van der Waals surface area contributed by atoms with Gasteiger partial charge in [-0.15, -0.1) is 0 Å². The van der Waals surface area contributed by atoms with Gasteiger partial charge in [-0.1, -0.05) is 20.8 Å². The highest BCUT2D eigenvalue weighted by molar-refractivity contribution is 5.89. The van der Waals surface area contributed by atoms with Crippen LogP contribution in [0.15, 0.2) is 0 Å². The van der Waals surface area contributed by atoms with Crippen molar-refractivity contribution in [1.82, 2.24) is 0 Å². The minimum Gasteiger partial charge on any atom is -0.321 e. The maximum Gasteiger partial charge on any atom is 0.154 e. The molecule has 0 spiro atoms. The fourth-order valence-electron chi connectivity index (χ4n) is 1.05. The minimum absolute atomic E-state index is 0.0220. The molecule has 1 unspecified atom stereocenters. The van der Waals surface area contributed by atoms with Gasteiger partial charge in [0.15, 0.2) is 5.78 Å². The Morgan fingerprint density at radius 1 is 1.31 bits per heavy atom. The molecule has 0 heterocycles. The van der Waals surface area contributed by atoms with Crippen LogP contribution in [-0.2, 0) is 9.59 Å². The summed E-state index contributed by atoms with van der Waals surface area (Å²) in [6.45, 7) is 7.02. The van der Waals surface area contributed by atoms with Crippen molar-refractivity contribution < 1.29 is 9.59 Å². The minimum atomic E-state index is -0.496. The smallest absolute Gasteiger partial charge is 0.154 e. The highest BCUT2D eigenvalue weighted by atomic mass is 16.1. The molecule has 0 aromatic rings. The monoisotopic (exact) mass is 185 g/mol. The highest BCUT2D eigenvalue weighted by Crippen LogP contribution is 2.17. The van der Waals surface area contributed by atoms with Crippen LogP contribution >= 0.6 is 0 Å². The molecule has 0 bridgehead atoms. The largest absolute Gasteiger partial charge is 0.321 e. The van der Waals surface area contributed by atoms with Crippen LogP contribution in [0, 0.1) is 5.41 Å². The van der Waals surface area contributed by atoms with Crippen molar-refractivity contribution in [2.24, 2.45) is 11.1 Å². The molecule has 3 nitrogen and oxygen atoms in total. The fourth-order valence-corrected chi connectivity index (χ4v) is 1.05. The summed E-state index contributed by atoms with van der Waals surface area (Å²) in [6.07, 6.45) is 0.856. The molecule has 0 radical (unpaired) electrons. The lowest BCUT2D eigenvalue weighted by molar-refractivity contribution is -0.127. The number of ketones is 2. The summed E-state index contributed by atoms with van der Waals surface area (Å²) >= 11 is 0. The van der Waals surface area contributed by atoms with E-state index in [0.717, 1.165) is 0 Å². The van der Waals surface area contributed by atoms with Crippen molar-refractivity contribution >= 4 is 11.6 Å². The number of carbonyl (C=O) groups is 2. The third-order valence-corrected chi connectivity index (χ3v) is 1.88. The first-order chi connectivity index (χ1) is 5.75. The number of nitrogens with two attached hydrogens (primary N) is 1. The zero-order valence-corrected chi connectivity index (χ0v) is 8.89. The Morgan fingerprint density at radius 3 is 2.08 bits per heavy atom. The maximum atomic E-state index is 11.5. The normalized spacial score (nSPS) is 13.9. The molecule has 0 aliphatic carbocycles. The van der Waals surface area contributed by atoms with Gasteiger partial charge < -0.3 is 10.5 Å². The lowest BCUT2D eigenvalue weighted by Gasteiger charge is -2.21. The van der Waals surface area contributed by atoms with E-state index in [1.54, 1.807) is 0 Å². The zero-order valence-electron chi connectivity index (χ0n) is 8.89. The van der Waals surface area contributed by atoms with Gasteiger partial charge in [-0.05, 0) is 13.3 Å². The molecule has 0 rings (SSSR count). The molecule has 0 aromatic carbocycles. The van der Waals surface area contributed by atoms with Crippen LogP contribution < -0.4 is 5.73 Å². The van der Waals surface area contributed by atoms with Crippen molar-refractivity contribution in [3.8, 4) is 0 Å². The molecule has 0 amide bonds. The molecule has 0 fully saturated rings. The van der Waals surface area contributed by atoms with Crippen molar-refractivity contribution in [3.63, 3.8) is 0 Å². The molecule has 0 aliphatic heterocycles. The number of carbonyl (C=O) groups excluding carboxylic acids is 2. The lowest BCUT2D eigenvalue weighted by atomic mass is 9.85. The van der Waals surface area contributed by atoms with E-state index in [0.29, 0.717) is 12.8 Å². The number of hydrogen-bond acceptors (Lipinski definition) is 3. The second-order valence-electron chi connectivity index (χ2n) is 4.46. The molecule has 0 aliphatic rings. The second kappa shape index (κ2) is 4.51. The number of hydrogen-bond donors (Lipinski definition) is 1. The summed E-state index contributed by atoms with van der Waals surface area (Å²) in [7, 11) is 0. The van der Waals surface area contributed by atoms with Gasteiger partial charge in [0.25, 0.3) is 0 Å². The van der Waals surface area contributed by atoms with Crippen LogP contribution in [0.5, 0.6) is 0 Å². The summed E-state index contributed by atoms with van der Waals surface area (Å²) in [5.41, 5.74) is 5.24. The van der Waals surface area contributed by atoms with Crippen LogP contribution in [0.2, 0.25) is 0 Å². The Bertz CT molecular complexity index is 203. The molecule has 1 atom stereocenters. The average Bonchev–Trinajstić information content (AvgIpc) is 1.96. The van der Waals surface area contributed by atoms with Gasteiger partial charge in [0.05, 0.1) is 6.04 Å². The molecule has 76 valence electrons. The molecular formula is C10H19NO2. The molecule has 0 aromatic heterocycles. The van der Waals surface area contributed by atoms with Crippen LogP contribution in [-0.4, -0.2) is 17.6 Å². The van der Waals surface area contributed by atoms with E-state index in [1.807, 2.05) is 20.8 Å². The number of rotatable bonds is 4. The summed E-state index contributed by atoms with van der Waals surface area (Å²) in [6, 6.07) is -0.496. The third kappa shape index (κ3) is 4.78. The lowest BCUT2D eigenvalue weighted by Crippen LogP contribution is -2.39. The van der Waals surface area contributed by atoms with E-state index >= 15 is 0 Å². The Morgan fingerprint density at radius 2 is 1.77 bits per heavy atom. The topological polar surface area (TPSA) is 60.2 Å². The Kier molecular flexibility index (Phi) is 4.27. The fraction of sp³-hybridized carbons (Fsp3) is 0.800. The zero-order chi connectivity index (χ0) is 10.6. The summed E-state index contributed by atoms with van der Waals surface area (Å²) in [5.74, 6) is 0.103. The Hall–Kier alpha value is -0.700. The predicted molar refractivity (Wildman–Crippen MR) is 52.4 cm³/mol. The van der Waals surface area contributed by atoms with Crippen LogP contribution in [0.3, 0.4) is 0 Å². The van der Waals surface area contributed by atoms with E-state index in [9.17, 15) is 9.59 Å². The summed E-state index contributed by atoms with van der Waals surface area (Å²) in [4.78, 5) is 22.2. The first-order valence-corrected chi connectivity index (χ1v) is 4.54. The van der Waals surface area contributed by atoms with E-state index in [1.165, 1.54) is 6.92 Å². The van der Waals surface area contributed by atoms with Gasteiger partial charge in [-0.25, -0.2) is 0 Å². The van der Waals surface area contributed by atoms with Gasteiger partial charge >= 0.3 is 0 Å². The van der Waals surface area contributed by atoms with E-state index in [2.05, 4.69) is 0 Å². The quantitative estimate of drug-likeness (QED) is 0.718. The molecule has 0 saturated heterocycles.